The summed E-state index contributed by atoms with van der Waals surface area (Å²) in [6.45, 7) is 1.75. The number of ether oxygens (including phenoxy) is 1. The van der Waals surface area contributed by atoms with Gasteiger partial charge in [0, 0.05) is 19.1 Å². The highest BCUT2D eigenvalue weighted by Gasteiger charge is 2.34. The molecule has 1 saturated carbocycles. The van der Waals surface area contributed by atoms with Crippen LogP contribution in [0.3, 0.4) is 0 Å². The van der Waals surface area contributed by atoms with E-state index in [1.807, 2.05) is 12.1 Å². The maximum atomic E-state index is 12.6. The van der Waals surface area contributed by atoms with Gasteiger partial charge in [-0.2, -0.15) is 0 Å². The van der Waals surface area contributed by atoms with E-state index in [0.29, 0.717) is 11.8 Å². The quantitative estimate of drug-likeness (QED) is 0.929. The zero-order chi connectivity index (χ0) is 16.2. The molecule has 1 aromatic rings. The van der Waals surface area contributed by atoms with Crippen LogP contribution in [-0.4, -0.2) is 37.0 Å². The molecule has 2 atom stereocenters. The molecule has 3 rings (SSSR count). The number of nitrogens with two attached hydrogens (primary N) is 1. The molecule has 0 bridgehead atoms. The lowest BCUT2D eigenvalue weighted by Gasteiger charge is -2.34. The third kappa shape index (κ3) is 3.69. The minimum atomic E-state index is 0.0702. The number of rotatable bonds is 4. The van der Waals surface area contributed by atoms with Gasteiger partial charge in [0.1, 0.15) is 5.75 Å². The number of carbonyl (C=O) groups excluding carboxylic acids is 1. The van der Waals surface area contributed by atoms with Crippen molar-refractivity contribution >= 4 is 5.91 Å². The summed E-state index contributed by atoms with van der Waals surface area (Å²) in [4.78, 5) is 14.7. The van der Waals surface area contributed by atoms with Crippen molar-refractivity contribution in [1.82, 2.24) is 4.90 Å². The first-order valence-corrected chi connectivity index (χ1v) is 8.85. The Morgan fingerprint density at radius 1 is 1.22 bits per heavy atom. The smallest absolute Gasteiger partial charge is 0.227 e. The van der Waals surface area contributed by atoms with Gasteiger partial charge in [0.2, 0.25) is 5.91 Å². The SMILES string of the molecule is COc1ccccc1CC1CCN(C(=O)[C@@H]2CCC[C@H]2N)CC1. The average Bonchev–Trinajstić information content (AvgIpc) is 3.01. The van der Waals surface area contributed by atoms with Crippen LogP contribution in [-0.2, 0) is 11.2 Å². The van der Waals surface area contributed by atoms with Gasteiger partial charge in [0.25, 0.3) is 0 Å². The number of likely N-dealkylation sites (tertiary alicyclic amines) is 1. The molecule has 1 aliphatic heterocycles. The molecule has 1 aromatic carbocycles. The average molecular weight is 316 g/mol. The molecule has 4 nitrogen and oxygen atoms in total. The van der Waals surface area contributed by atoms with E-state index in [0.717, 1.165) is 57.4 Å². The minimum absolute atomic E-state index is 0.0702. The number of methoxy groups -OCH3 is 1. The van der Waals surface area contributed by atoms with Crippen LogP contribution in [0, 0.1) is 11.8 Å². The van der Waals surface area contributed by atoms with Gasteiger partial charge >= 0.3 is 0 Å². The van der Waals surface area contributed by atoms with Crippen LogP contribution < -0.4 is 10.5 Å². The lowest BCUT2D eigenvalue weighted by molar-refractivity contribution is -0.137. The van der Waals surface area contributed by atoms with Gasteiger partial charge in [-0.05, 0) is 49.7 Å². The number of nitrogens with zero attached hydrogens (tertiary/aromatic N) is 1. The van der Waals surface area contributed by atoms with E-state index in [1.165, 1.54) is 5.56 Å². The second-order valence-corrected chi connectivity index (χ2v) is 6.99. The molecule has 23 heavy (non-hydrogen) atoms. The normalized spacial score (nSPS) is 25.6. The first-order valence-electron chi connectivity index (χ1n) is 8.85. The Labute approximate surface area is 139 Å². The van der Waals surface area contributed by atoms with Gasteiger partial charge in [-0.15, -0.1) is 0 Å². The van der Waals surface area contributed by atoms with Gasteiger partial charge in [-0.1, -0.05) is 24.6 Å². The van der Waals surface area contributed by atoms with Crippen molar-refractivity contribution in [2.24, 2.45) is 17.6 Å². The van der Waals surface area contributed by atoms with Crippen LogP contribution in [0.5, 0.6) is 5.75 Å². The van der Waals surface area contributed by atoms with E-state index in [9.17, 15) is 4.79 Å². The molecule has 126 valence electrons. The topological polar surface area (TPSA) is 55.6 Å². The van der Waals surface area contributed by atoms with E-state index in [-0.39, 0.29) is 12.0 Å². The molecule has 2 aliphatic rings. The molecule has 4 heteroatoms. The highest BCUT2D eigenvalue weighted by Crippen LogP contribution is 2.30. The minimum Gasteiger partial charge on any atom is -0.496 e. The molecule has 0 aromatic heterocycles. The summed E-state index contributed by atoms with van der Waals surface area (Å²) in [7, 11) is 1.73. The number of para-hydroxylation sites is 1. The molecular formula is C19H28N2O2. The van der Waals surface area contributed by atoms with Crippen molar-refractivity contribution in [3.8, 4) is 5.75 Å². The Hall–Kier alpha value is -1.55. The van der Waals surface area contributed by atoms with Crippen molar-refractivity contribution in [2.75, 3.05) is 20.2 Å². The Bertz CT molecular complexity index is 538. The number of amides is 1. The Morgan fingerprint density at radius 3 is 2.61 bits per heavy atom. The first-order chi connectivity index (χ1) is 11.2. The van der Waals surface area contributed by atoms with Crippen LogP contribution in [0.1, 0.15) is 37.7 Å². The summed E-state index contributed by atoms with van der Waals surface area (Å²) in [6.07, 6.45) is 6.26. The predicted molar refractivity (Wildman–Crippen MR) is 91.3 cm³/mol. The zero-order valence-electron chi connectivity index (χ0n) is 14.0. The Kier molecular flexibility index (Phi) is 5.21. The highest BCUT2D eigenvalue weighted by atomic mass is 16.5. The van der Waals surface area contributed by atoms with Crippen LogP contribution in [0.2, 0.25) is 0 Å². The monoisotopic (exact) mass is 316 g/mol. The summed E-state index contributed by atoms with van der Waals surface area (Å²) in [5.41, 5.74) is 7.36. The summed E-state index contributed by atoms with van der Waals surface area (Å²) < 4.78 is 5.45. The van der Waals surface area contributed by atoms with E-state index in [2.05, 4.69) is 17.0 Å². The Morgan fingerprint density at radius 2 is 1.96 bits per heavy atom. The fourth-order valence-corrected chi connectivity index (χ4v) is 4.07. The number of hydrogen-bond acceptors (Lipinski definition) is 3. The zero-order valence-corrected chi connectivity index (χ0v) is 14.0. The molecule has 1 saturated heterocycles. The molecule has 0 spiro atoms. The second kappa shape index (κ2) is 7.35. The largest absolute Gasteiger partial charge is 0.496 e. The van der Waals surface area contributed by atoms with Crippen molar-refractivity contribution in [3.05, 3.63) is 29.8 Å². The fourth-order valence-electron chi connectivity index (χ4n) is 4.07. The van der Waals surface area contributed by atoms with E-state index in [1.54, 1.807) is 7.11 Å². The molecule has 1 heterocycles. The summed E-state index contributed by atoms with van der Waals surface area (Å²) in [6, 6.07) is 8.32. The number of benzene rings is 1. The number of piperidine rings is 1. The molecule has 1 aliphatic carbocycles. The van der Waals surface area contributed by atoms with Crippen LogP contribution in [0.25, 0.3) is 0 Å². The van der Waals surface area contributed by atoms with Gasteiger partial charge in [-0.25, -0.2) is 0 Å². The van der Waals surface area contributed by atoms with Gasteiger partial charge in [-0.3, -0.25) is 4.79 Å². The van der Waals surface area contributed by atoms with Gasteiger partial charge in [0.15, 0.2) is 0 Å². The van der Waals surface area contributed by atoms with E-state index >= 15 is 0 Å². The summed E-state index contributed by atoms with van der Waals surface area (Å²) in [5, 5.41) is 0. The first kappa shape index (κ1) is 16.3. The molecular weight excluding hydrogens is 288 g/mol. The third-order valence-corrected chi connectivity index (χ3v) is 5.51. The third-order valence-electron chi connectivity index (χ3n) is 5.51. The van der Waals surface area contributed by atoms with Crippen LogP contribution in [0.15, 0.2) is 24.3 Å². The molecule has 1 amide bonds. The molecule has 2 fully saturated rings. The maximum Gasteiger partial charge on any atom is 0.227 e. The lowest BCUT2D eigenvalue weighted by Crippen LogP contribution is -2.45. The molecule has 0 radical (unpaired) electrons. The second-order valence-electron chi connectivity index (χ2n) is 6.99. The van der Waals surface area contributed by atoms with Crippen LogP contribution >= 0.6 is 0 Å². The van der Waals surface area contributed by atoms with E-state index < -0.39 is 0 Å². The van der Waals surface area contributed by atoms with Crippen molar-refractivity contribution in [3.63, 3.8) is 0 Å². The fraction of sp³-hybridized carbons (Fsp3) is 0.632. The highest BCUT2D eigenvalue weighted by molar-refractivity contribution is 5.80. The number of hydrogen-bond donors (Lipinski definition) is 1. The lowest BCUT2D eigenvalue weighted by atomic mass is 9.89. The molecule has 0 unspecified atom stereocenters. The van der Waals surface area contributed by atoms with Crippen molar-refractivity contribution in [1.29, 1.82) is 0 Å². The van der Waals surface area contributed by atoms with Crippen LogP contribution in [0.4, 0.5) is 0 Å². The number of carbonyl (C=O) groups is 1. The maximum absolute atomic E-state index is 12.6. The van der Waals surface area contributed by atoms with Crippen molar-refractivity contribution < 1.29 is 9.53 Å². The van der Waals surface area contributed by atoms with Gasteiger partial charge in [0.05, 0.1) is 13.0 Å². The predicted octanol–water partition coefficient (Wildman–Crippen LogP) is 2.60. The van der Waals surface area contributed by atoms with E-state index in [4.69, 9.17) is 10.5 Å². The standard InChI is InChI=1S/C19H28N2O2/c1-23-18-8-3-2-5-15(18)13-14-9-11-21(12-10-14)19(22)16-6-4-7-17(16)20/h2-3,5,8,14,16-17H,4,6-7,9-13,20H2,1H3/t16-,17-/m1/s1. The van der Waals surface area contributed by atoms with Gasteiger partial charge < -0.3 is 15.4 Å². The molecule has 2 N–H and O–H groups in total. The Balaban J connectivity index is 1.53. The van der Waals surface area contributed by atoms with Crippen molar-refractivity contribution in [2.45, 2.75) is 44.6 Å². The summed E-state index contributed by atoms with van der Waals surface area (Å²) >= 11 is 0. The summed E-state index contributed by atoms with van der Waals surface area (Å²) in [5.74, 6) is 1.97.